The number of carbonyl (C=O) groups is 3. The summed E-state index contributed by atoms with van der Waals surface area (Å²) in [6.07, 6.45) is 8.77. The van der Waals surface area contributed by atoms with Gasteiger partial charge in [-0.05, 0) is 74.8 Å². The Bertz CT molecular complexity index is 823. The zero-order valence-corrected chi connectivity index (χ0v) is 20.4. The van der Waals surface area contributed by atoms with Gasteiger partial charge in [-0.15, -0.1) is 0 Å². The van der Waals surface area contributed by atoms with Crippen LogP contribution in [0.15, 0.2) is 18.3 Å². The Morgan fingerprint density at radius 1 is 1.36 bits per heavy atom. The fourth-order valence-corrected chi connectivity index (χ4v) is 6.13. The lowest BCUT2D eigenvalue weighted by Gasteiger charge is -2.56. The number of carbonyl (C=O) groups excluding carboxylic acids is 2. The molecule has 9 heteroatoms. The van der Waals surface area contributed by atoms with Gasteiger partial charge < -0.3 is 20.2 Å². The lowest BCUT2D eigenvalue weighted by atomic mass is 9.71. The highest BCUT2D eigenvalue weighted by molar-refractivity contribution is 7.98. The maximum atomic E-state index is 13.4. The predicted molar refractivity (Wildman–Crippen MR) is 129 cm³/mol. The van der Waals surface area contributed by atoms with Crippen LogP contribution >= 0.6 is 11.8 Å². The Morgan fingerprint density at radius 2 is 2.12 bits per heavy atom. The number of likely N-dealkylation sites (tertiary alicyclic amines) is 1. The Morgan fingerprint density at radius 3 is 2.85 bits per heavy atom. The normalized spacial score (nSPS) is 26.6. The predicted octanol–water partition coefficient (Wildman–Crippen LogP) is 2.16. The second-order valence-electron chi connectivity index (χ2n) is 9.20. The molecule has 2 N–H and O–H groups in total. The number of piperidine rings is 3. The number of hydrogen-bond acceptors (Lipinski definition) is 6. The van der Waals surface area contributed by atoms with E-state index in [4.69, 9.17) is 9.90 Å². The van der Waals surface area contributed by atoms with E-state index in [1.807, 2.05) is 35.7 Å². The molecule has 0 aromatic carbocycles. The molecule has 0 unspecified atom stereocenters. The van der Waals surface area contributed by atoms with Gasteiger partial charge in [0.05, 0.1) is 0 Å². The molecule has 0 saturated carbocycles. The molecule has 3 fully saturated rings. The molecule has 1 aromatic heterocycles. The highest BCUT2D eigenvalue weighted by Gasteiger charge is 2.51. The molecule has 0 radical (unpaired) electrons. The molecule has 2 amide bonds. The van der Waals surface area contributed by atoms with E-state index >= 15 is 0 Å². The highest BCUT2D eigenvalue weighted by atomic mass is 32.2. The van der Waals surface area contributed by atoms with Crippen LogP contribution in [0.4, 0.5) is 0 Å². The summed E-state index contributed by atoms with van der Waals surface area (Å²) in [5.74, 6) is 2.11. The Labute approximate surface area is 200 Å². The minimum Gasteiger partial charge on any atom is -0.483 e. The number of carboxylic acid groups (broad SMARTS) is 1. The van der Waals surface area contributed by atoms with Crippen molar-refractivity contribution in [2.24, 2.45) is 11.8 Å². The fraction of sp³-hybridized carbons (Fsp3) is 0.667. The summed E-state index contributed by atoms with van der Waals surface area (Å²) in [6, 6.07) is 3.84. The number of hydrogen-bond donors (Lipinski definition) is 2. The second kappa shape index (κ2) is 12.4. The fourth-order valence-electron chi connectivity index (χ4n) is 5.71. The van der Waals surface area contributed by atoms with Gasteiger partial charge in [0.15, 0.2) is 0 Å². The van der Waals surface area contributed by atoms with Crippen molar-refractivity contribution in [1.29, 1.82) is 0 Å². The van der Waals surface area contributed by atoms with Crippen LogP contribution in [0.25, 0.3) is 0 Å². The van der Waals surface area contributed by atoms with Crippen molar-refractivity contribution in [2.75, 3.05) is 31.6 Å². The average molecular weight is 477 g/mol. The first kappa shape index (κ1) is 25.5. The van der Waals surface area contributed by atoms with Gasteiger partial charge in [0.25, 0.3) is 6.47 Å². The number of fused-ring (bicyclic) bond motifs is 4. The van der Waals surface area contributed by atoms with Crippen LogP contribution in [0.1, 0.15) is 43.4 Å². The second-order valence-corrected chi connectivity index (χ2v) is 10.2. The van der Waals surface area contributed by atoms with Gasteiger partial charge in [0, 0.05) is 49.9 Å². The molecule has 3 aliphatic heterocycles. The summed E-state index contributed by atoms with van der Waals surface area (Å²) in [7, 11) is 0. The molecule has 4 atom stereocenters. The molecule has 182 valence electrons. The first-order valence-electron chi connectivity index (χ1n) is 11.8. The Hall–Kier alpha value is -2.13. The van der Waals surface area contributed by atoms with Crippen molar-refractivity contribution < 1.29 is 19.5 Å². The number of amides is 2. The lowest BCUT2D eigenvalue weighted by Crippen LogP contribution is -2.68. The third-order valence-electron chi connectivity index (χ3n) is 6.94. The number of aryl methyl sites for hydroxylation is 1. The number of aromatic nitrogens is 1. The number of nitrogens with one attached hydrogen (secondary N) is 1. The summed E-state index contributed by atoms with van der Waals surface area (Å²) in [4.78, 5) is 43.4. The molecule has 3 saturated heterocycles. The average Bonchev–Trinajstić information content (AvgIpc) is 2.79. The first-order valence-corrected chi connectivity index (χ1v) is 13.2. The van der Waals surface area contributed by atoms with Crippen molar-refractivity contribution in [3.05, 3.63) is 29.6 Å². The summed E-state index contributed by atoms with van der Waals surface area (Å²) in [5.41, 5.74) is 2.00. The van der Waals surface area contributed by atoms with Gasteiger partial charge in [0.2, 0.25) is 11.8 Å². The van der Waals surface area contributed by atoms with Crippen LogP contribution in [0.3, 0.4) is 0 Å². The van der Waals surface area contributed by atoms with Crippen LogP contribution in [-0.2, 0) is 20.9 Å². The van der Waals surface area contributed by atoms with Crippen molar-refractivity contribution in [3.8, 4) is 0 Å². The molecule has 4 heterocycles. The van der Waals surface area contributed by atoms with Gasteiger partial charge in [0.1, 0.15) is 6.04 Å². The molecular formula is C24H36N4O4S. The van der Waals surface area contributed by atoms with Crippen LogP contribution in [0.2, 0.25) is 0 Å². The monoisotopic (exact) mass is 476 g/mol. The molecule has 2 bridgehead atoms. The van der Waals surface area contributed by atoms with Crippen LogP contribution < -0.4 is 5.32 Å². The molecule has 1 aromatic rings. The number of nitrogens with zero attached hydrogens (tertiary/aromatic N) is 3. The molecule has 0 aliphatic carbocycles. The quantitative estimate of drug-likeness (QED) is 0.459. The number of pyridine rings is 1. The van der Waals surface area contributed by atoms with Gasteiger partial charge >= 0.3 is 0 Å². The molecule has 3 aliphatic rings. The topological polar surface area (TPSA) is 103 Å². The van der Waals surface area contributed by atoms with Gasteiger partial charge in [-0.3, -0.25) is 19.4 Å². The van der Waals surface area contributed by atoms with E-state index in [9.17, 15) is 9.59 Å². The van der Waals surface area contributed by atoms with Crippen LogP contribution in [0, 0.1) is 18.8 Å². The van der Waals surface area contributed by atoms with Crippen LogP contribution in [0.5, 0.6) is 0 Å². The van der Waals surface area contributed by atoms with E-state index in [2.05, 4.69) is 21.5 Å². The molecule has 8 nitrogen and oxygen atoms in total. The minimum atomic E-state index is -0.328. The van der Waals surface area contributed by atoms with Crippen LogP contribution in [-0.4, -0.2) is 81.9 Å². The SMILES string of the molecule is CSCCCN1C[C@H]2C[C@@H](C1)[C@H](C(=O)NCc1ccnc(C)c1)N1C(=O)CCC[C@@H]21.O=CO. The van der Waals surface area contributed by atoms with E-state index in [0.29, 0.717) is 18.9 Å². The number of thioether (sulfide) groups is 1. The Kier molecular flexibility index (Phi) is 9.55. The third-order valence-corrected chi connectivity index (χ3v) is 7.63. The maximum Gasteiger partial charge on any atom is 0.290 e. The van der Waals surface area contributed by atoms with E-state index in [1.165, 1.54) is 12.2 Å². The summed E-state index contributed by atoms with van der Waals surface area (Å²) in [5, 5.41) is 10.0. The van der Waals surface area contributed by atoms with Gasteiger partial charge in [-0.25, -0.2) is 0 Å². The third kappa shape index (κ3) is 6.47. The summed E-state index contributed by atoms with van der Waals surface area (Å²) >= 11 is 1.89. The minimum absolute atomic E-state index is 0.0131. The van der Waals surface area contributed by atoms with E-state index in [0.717, 1.165) is 50.2 Å². The van der Waals surface area contributed by atoms with Crippen molar-refractivity contribution in [3.63, 3.8) is 0 Å². The standard InChI is InChI=1S/C23H34N4O2S.CH2O2/c1-16-11-17(7-8-24-16)13-25-23(29)22-19-12-18(14-26(15-19)9-4-10-30-2)20-5-3-6-21(28)27(20)22;2-1-3/h7-8,11,18-20,22H,3-6,9-10,12-15H2,1-2H3,(H,25,29);1H,(H,2,3)/t18-,19+,20+,22-;/m1./s1. The number of rotatable bonds is 7. The van der Waals surface area contributed by atoms with Crippen molar-refractivity contribution >= 4 is 30.0 Å². The zero-order chi connectivity index (χ0) is 23.8. The van der Waals surface area contributed by atoms with E-state index in [-0.39, 0.29) is 36.3 Å². The van der Waals surface area contributed by atoms with E-state index in [1.54, 1.807) is 6.20 Å². The van der Waals surface area contributed by atoms with Crippen molar-refractivity contribution in [1.82, 2.24) is 20.1 Å². The van der Waals surface area contributed by atoms with Gasteiger partial charge in [-0.2, -0.15) is 11.8 Å². The summed E-state index contributed by atoms with van der Waals surface area (Å²) < 4.78 is 0. The molecule has 4 rings (SSSR count). The zero-order valence-electron chi connectivity index (χ0n) is 19.6. The van der Waals surface area contributed by atoms with Gasteiger partial charge in [-0.1, -0.05) is 0 Å². The lowest BCUT2D eigenvalue weighted by molar-refractivity contribution is -0.160. The summed E-state index contributed by atoms with van der Waals surface area (Å²) in [6.45, 7) is 5.28. The van der Waals surface area contributed by atoms with E-state index < -0.39 is 0 Å². The largest absolute Gasteiger partial charge is 0.483 e. The smallest absolute Gasteiger partial charge is 0.290 e. The highest BCUT2D eigenvalue weighted by Crippen LogP contribution is 2.41. The Balaban J connectivity index is 0.000000968. The molecule has 33 heavy (non-hydrogen) atoms. The maximum absolute atomic E-state index is 13.4. The molecule has 0 spiro atoms. The first-order chi connectivity index (χ1) is 16.0. The molecular weight excluding hydrogens is 440 g/mol. The van der Waals surface area contributed by atoms with Crippen molar-refractivity contribution in [2.45, 2.75) is 57.7 Å².